The number of esters is 1. The van der Waals surface area contributed by atoms with Crippen LogP contribution in [0.25, 0.3) is 10.4 Å². The first-order valence-corrected chi connectivity index (χ1v) is 12.4. The number of nitrogens with one attached hydrogen (secondary N) is 1. The van der Waals surface area contributed by atoms with Crippen molar-refractivity contribution in [3.63, 3.8) is 0 Å². The third-order valence-electron chi connectivity index (χ3n) is 3.98. The van der Waals surface area contributed by atoms with Gasteiger partial charge in [-0.2, -0.15) is 0 Å². The Morgan fingerprint density at radius 1 is 0.667 bits per heavy atom. The molecule has 0 bridgehead atoms. The van der Waals surface area contributed by atoms with Gasteiger partial charge in [0.1, 0.15) is 5.60 Å². The summed E-state index contributed by atoms with van der Waals surface area (Å²) in [6.45, 7) is 14.1. The molecule has 0 rings (SSSR count). The summed E-state index contributed by atoms with van der Waals surface area (Å²) in [5.74, 6) is -0.260. The Bertz CT molecular complexity index is 544. The van der Waals surface area contributed by atoms with E-state index in [1.165, 1.54) is 0 Å². The Morgan fingerprint density at radius 2 is 1.06 bits per heavy atom. The van der Waals surface area contributed by atoms with E-state index in [9.17, 15) is 4.79 Å². The van der Waals surface area contributed by atoms with Crippen molar-refractivity contribution >= 4 is 5.97 Å². The van der Waals surface area contributed by atoms with Crippen molar-refractivity contribution in [1.29, 1.82) is 0 Å². The predicted octanol–water partition coefficient (Wildman–Crippen LogP) is 1.73. The van der Waals surface area contributed by atoms with Crippen LogP contribution in [-0.2, 0) is 42.7 Å². The third-order valence-corrected chi connectivity index (χ3v) is 3.98. The molecule has 1 N–H and O–H groups in total. The van der Waals surface area contributed by atoms with Crippen LogP contribution in [0, 0.1) is 0 Å². The maximum absolute atomic E-state index is 11.5. The van der Waals surface area contributed by atoms with Crippen molar-refractivity contribution in [2.45, 2.75) is 32.8 Å². The number of rotatable bonds is 27. The molecule has 36 heavy (non-hydrogen) atoms. The molecule has 0 unspecified atom stereocenters. The number of nitrogens with zero attached hydrogens (tertiary/aromatic N) is 3. The molecule has 0 radical (unpaired) electrons. The van der Waals surface area contributed by atoms with Crippen LogP contribution in [-0.4, -0.2) is 124 Å². The highest BCUT2D eigenvalue weighted by molar-refractivity contribution is 5.69. The lowest BCUT2D eigenvalue weighted by Gasteiger charge is -2.19. The second-order valence-corrected chi connectivity index (χ2v) is 8.33. The summed E-state index contributed by atoms with van der Waals surface area (Å²) in [4.78, 5) is 14.2. The molecule has 0 aliphatic heterocycles. The maximum atomic E-state index is 11.5. The van der Waals surface area contributed by atoms with Crippen molar-refractivity contribution in [3.8, 4) is 0 Å². The molecular weight excluding hydrogens is 476 g/mol. The Hall–Kier alpha value is -1.54. The van der Waals surface area contributed by atoms with Gasteiger partial charge in [0.15, 0.2) is 0 Å². The van der Waals surface area contributed by atoms with Crippen molar-refractivity contribution in [2.24, 2.45) is 5.11 Å². The third kappa shape index (κ3) is 30.5. The van der Waals surface area contributed by atoms with E-state index < -0.39 is 5.60 Å². The molecule has 0 fully saturated rings. The first kappa shape index (κ1) is 34.5. The topological polar surface area (TPSA) is 152 Å². The Morgan fingerprint density at radius 3 is 1.47 bits per heavy atom. The standard InChI is InChI=1S/C23H46N4O9/c1-23(2,3)36-22(28)4-8-29-12-16-33-17-13-30-9-5-25-6-10-31-14-18-34-20-21-35-19-15-32-11-7-26-27-24/h25H,4-21H2,1-3H3. The lowest BCUT2D eigenvalue weighted by molar-refractivity contribution is -0.156. The Balaban J connectivity index is 3.11. The van der Waals surface area contributed by atoms with E-state index in [-0.39, 0.29) is 12.4 Å². The first-order chi connectivity index (χ1) is 17.5. The van der Waals surface area contributed by atoms with Crippen molar-refractivity contribution in [2.75, 3.05) is 112 Å². The van der Waals surface area contributed by atoms with Gasteiger partial charge in [0.05, 0.1) is 98.9 Å². The monoisotopic (exact) mass is 522 g/mol. The van der Waals surface area contributed by atoms with Crippen LogP contribution in [0.5, 0.6) is 0 Å². The minimum Gasteiger partial charge on any atom is -0.460 e. The highest BCUT2D eigenvalue weighted by atomic mass is 16.6. The van der Waals surface area contributed by atoms with E-state index in [0.29, 0.717) is 99.0 Å². The summed E-state index contributed by atoms with van der Waals surface area (Å²) in [6, 6.07) is 0. The van der Waals surface area contributed by atoms with Gasteiger partial charge in [-0.25, -0.2) is 0 Å². The molecular formula is C23H46N4O9. The zero-order chi connectivity index (χ0) is 26.6. The smallest absolute Gasteiger partial charge is 0.308 e. The summed E-state index contributed by atoms with van der Waals surface area (Å²) >= 11 is 0. The zero-order valence-electron chi connectivity index (χ0n) is 22.2. The summed E-state index contributed by atoms with van der Waals surface area (Å²) in [5, 5.41) is 6.60. The molecule has 0 aromatic heterocycles. The molecule has 0 aromatic rings. The maximum Gasteiger partial charge on any atom is 0.308 e. The highest BCUT2D eigenvalue weighted by Gasteiger charge is 2.15. The van der Waals surface area contributed by atoms with E-state index in [2.05, 4.69) is 15.3 Å². The van der Waals surface area contributed by atoms with E-state index in [0.717, 1.165) is 13.1 Å². The van der Waals surface area contributed by atoms with E-state index >= 15 is 0 Å². The Labute approximate surface area is 215 Å². The molecule has 0 aliphatic carbocycles. The number of carbonyl (C=O) groups excluding carboxylic acids is 1. The Kier molecular flexibility index (Phi) is 25.4. The van der Waals surface area contributed by atoms with E-state index in [1.807, 2.05) is 20.8 Å². The summed E-state index contributed by atoms with van der Waals surface area (Å²) < 4.78 is 42.9. The normalized spacial score (nSPS) is 11.4. The second-order valence-electron chi connectivity index (χ2n) is 8.33. The molecule has 0 aromatic carbocycles. The number of hydrogen-bond acceptors (Lipinski definition) is 11. The molecule has 0 saturated carbocycles. The molecule has 13 heteroatoms. The SMILES string of the molecule is CC(C)(C)OC(=O)CCOCCOCCOCCNCCOCCOCCOCCOCCN=[N+]=[N-]. The molecule has 212 valence electrons. The van der Waals surface area contributed by atoms with Crippen LogP contribution >= 0.6 is 0 Å². The minimum atomic E-state index is -0.467. The first-order valence-electron chi connectivity index (χ1n) is 12.4. The van der Waals surface area contributed by atoms with Gasteiger partial charge in [-0.1, -0.05) is 5.11 Å². The van der Waals surface area contributed by atoms with E-state index in [4.69, 9.17) is 43.4 Å². The van der Waals surface area contributed by atoms with Crippen LogP contribution in [0.2, 0.25) is 0 Å². The van der Waals surface area contributed by atoms with Gasteiger partial charge in [0, 0.05) is 24.5 Å². The second kappa shape index (κ2) is 26.5. The van der Waals surface area contributed by atoms with Gasteiger partial charge in [-0.05, 0) is 26.3 Å². The lowest BCUT2D eigenvalue weighted by atomic mass is 10.2. The highest BCUT2D eigenvalue weighted by Crippen LogP contribution is 2.07. The fraction of sp³-hybridized carbons (Fsp3) is 0.957. The van der Waals surface area contributed by atoms with Gasteiger partial charge in [-0.15, -0.1) is 0 Å². The molecule has 0 atom stereocenters. The number of ether oxygens (including phenoxy) is 8. The molecule has 0 aliphatic rings. The fourth-order valence-corrected chi connectivity index (χ4v) is 2.42. The van der Waals surface area contributed by atoms with Gasteiger partial charge in [0.2, 0.25) is 0 Å². The van der Waals surface area contributed by atoms with Gasteiger partial charge in [0.25, 0.3) is 0 Å². The van der Waals surface area contributed by atoms with Gasteiger partial charge in [-0.3, -0.25) is 4.79 Å². The number of carbonyl (C=O) groups is 1. The quantitative estimate of drug-likeness (QED) is 0.0555. The summed E-state index contributed by atoms with van der Waals surface area (Å²) in [6.07, 6.45) is 0.239. The minimum absolute atomic E-state index is 0.239. The van der Waals surface area contributed by atoms with Crippen molar-refractivity contribution in [3.05, 3.63) is 10.4 Å². The van der Waals surface area contributed by atoms with Crippen LogP contribution in [0.4, 0.5) is 0 Å². The average molecular weight is 523 g/mol. The van der Waals surface area contributed by atoms with Crippen LogP contribution < -0.4 is 5.32 Å². The molecule has 13 nitrogen and oxygen atoms in total. The molecule has 0 amide bonds. The largest absolute Gasteiger partial charge is 0.460 e. The lowest BCUT2D eigenvalue weighted by Crippen LogP contribution is -2.25. The van der Waals surface area contributed by atoms with Crippen molar-refractivity contribution < 1.29 is 42.7 Å². The fourth-order valence-electron chi connectivity index (χ4n) is 2.42. The molecule has 0 spiro atoms. The average Bonchev–Trinajstić information content (AvgIpc) is 2.82. The molecule has 0 heterocycles. The van der Waals surface area contributed by atoms with Crippen LogP contribution in [0.3, 0.4) is 0 Å². The molecule has 0 saturated heterocycles. The number of hydrogen-bond donors (Lipinski definition) is 1. The number of azide groups is 1. The zero-order valence-corrected chi connectivity index (χ0v) is 22.2. The van der Waals surface area contributed by atoms with E-state index in [1.54, 1.807) is 0 Å². The van der Waals surface area contributed by atoms with Crippen LogP contribution in [0.1, 0.15) is 27.2 Å². The predicted molar refractivity (Wildman–Crippen MR) is 133 cm³/mol. The van der Waals surface area contributed by atoms with Crippen molar-refractivity contribution in [1.82, 2.24) is 5.32 Å². The van der Waals surface area contributed by atoms with Gasteiger partial charge < -0.3 is 43.2 Å². The van der Waals surface area contributed by atoms with Crippen LogP contribution in [0.15, 0.2) is 5.11 Å². The summed E-state index contributed by atoms with van der Waals surface area (Å²) in [5.41, 5.74) is 7.65. The summed E-state index contributed by atoms with van der Waals surface area (Å²) in [7, 11) is 0. The van der Waals surface area contributed by atoms with Gasteiger partial charge >= 0.3 is 5.97 Å².